The Morgan fingerprint density at radius 2 is 0.853 bits per heavy atom. The quantitative estimate of drug-likeness (QED) is 0.172. The van der Waals surface area contributed by atoms with Gasteiger partial charge in [0.15, 0.2) is 0 Å². The SMILES string of the molecule is c1ccc(N(c2ccc(-n3c4ccccc4c4ccccc43)cc2)c2cccc3c2-c2ccccc2C32c3ccccc3-c3ccccc32)c(-c2cccc3c2oc2cc4ccccc4cc23)c1. The molecule has 1 spiro atoms. The van der Waals surface area contributed by atoms with E-state index in [2.05, 4.69) is 252 Å². The van der Waals surface area contributed by atoms with Gasteiger partial charge in [0.2, 0.25) is 0 Å². The van der Waals surface area contributed by atoms with E-state index in [9.17, 15) is 0 Å². The van der Waals surface area contributed by atoms with E-state index < -0.39 is 5.41 Å². The summed E-state index contributed by atoms with van der Waals surface area (Å²) < 4.78 is 9.35. The van der Waals surface area contributed by atoms with E-state index in [1.54, 1.807) is 0 Å². The molecule has 0 bridgehead atoms. The van der Waals surface area contributed by atoms with Gasteiger partial charge in [0, 0.05) is 49.6 Å². The van der Waals surface area contributed by atoms with Gasteiger partial charge < -0.3 is 13.9 Å². The van der Waals surface area contributed by atoms with Gasteiger partial charge in [-0.05, 0) is 110 Å². The standard InChI is InChI=1S/C65H40N2O/c1-2-18-42-40-62-53(39-41(42)17-1)51-26-15-25-50(64(51)68-62)49-23-8-14-33-60(49)67(44-37-35-43(36-38-44)66-58-31-12-6-21-47(58)48-22-7-13-32-59(48)66)61-34-16-30-57-63(61)52-24-5-11-29-56(52)65(57)54-27-9-3-19-45(54)46-20-4-10-28-55(46)65/h1-40H. The van der Waals surface area contributed by atoms with Gasteiger partial charge in [-0.3, -0.25) is 0 Å². The highest BCUT2D eigenvalue weighted by molar-refractivity contribution is 6.15. The van der Waals surface area contributed by atoms with Crippen LogP contribution in [0.3, 0.4) is 0 Å². The molecule has 2 heterocycles. The van der Waals surface area contributed by atoms with Crippen LogP contribution >= 0.6 is 0 Å². The summed E-state index contributed by atoms with van der Waals surface area (Å²) in [4.78, 5) is 2.50. The first-order valence-electron chi connectivity index (χ1n) is 23.5. The normalized spacial score (nSPS) is 13.1. The Hall–Kier alpha value is -8.92. The van der Waals surface area contributed by atoms with E-state index in [1.165, 1.54) is 77.1 Å². The number of rotatable bonds is 5. The minimum Gasteiger partial charge on any atom is -0.455 e. The molecule has 13 aromatic rings. The van der Waals surface area contributed by atoms with Gasteiger partial charge in [0.25, 0.3) is 0 Å². The van der Waals surface area contributed by atoms with E-state index in [0.29, 0.717) is 0 Å². The molecule has 0 radical (unpaired) electrons. The van der Waals surface area contributed by atoms with Crippen LogP contribution in [0.15, 0.2) is 247 Å². The second kappa shape index (κ2) is 14.0. The molecule has 0 saturated carbocycles. The zero-order chi connectivity index (χ0) is 44.5. The molecule has 0 N–H and O–H groups in total. The van der Waals surface area contributed by atoms with Crippen LogP contribution in [0.5, 0.6) is 0 Å². The third-order valence-electron chi connectivity index (χ3n) is 15.0. The zero-order valence-corrected chi connectivity index (χ0v) is 36.9. The van der Waals surface area contributed by atoms with Gasteiger partial charge in [-0.25, -0.2) is 0 Å². The van der Waals surface area contributed by atoms with Crippen LogP contribution < -0.4 is 4.90 Å². The zero-order valence-electron chi connectivity index (χ0n) is 36.9. The summed E-state index contributed by atoms with van der Waals surface area (Å²) in [6.45, 7) is 0. The summed E-state index contributed by atoms with van der Waals surface area (Å²) >= 11 is 0. The highest BCUT2D eigenvalue weighted by atomic mass is 16.3. The maximum absolute atomic E-state index is 6.95. The van der Waals surface area contributed by atoms with Crippen molar-refractivity contribution >= 4 is 71.6 Å². The van der Waals surface area contributed by atoms with E-state index in [4.69, 9.17) is 4.42 Å². The third-order valence-corrected chi connectivity index (χ3v) is 15.0. The van der Waals surface area contributed by atoms with E-state index in [0.717, 1.165) is 55.8 Å². The van der Waals surface area contributed by atoms with Crippen molar-refractivity contribution in [3.05, 3.63) is 265 Å². The lowest BCUT2D eigenvalue weighted by Crippen LogP contribution is -2.26. The molecule has 0 amide bonds. The van der Waals surface area contributed by atoms with Gasteiger partial charge >= 0.3 is 0 Å². The molecule has 2 aliphatic rings. The maximum Gasteiger partial charge on any atom is 0.143 e. The fraction of sp³-hybridized carbons (Fsp3) is 0.0154. The van der Waals surface area contributed by atoms with Crippen molar-refractivity contribution in [3.8, 4) is 39.1 Å². The first-order chi connectivity index (χ1) is 33.8. The molecule has 3 nitrogen and oxygen atoms in total. The molecular weight excluding hydrogens is 825 g/mol. The molecule has 2 aliphatic carbocycles. The summed E-state index contributed by atoms with van der Waals surface area (Å²) in [5.74, 6) is 0. The van der Waals surface area contributed by atoms with Crippen molar-refractivity contribution in [1.29, 1.82) is 0 Å². The number of benzene rings is 11. The number of hydrogen-bond donors (Lipinski definition) is 0. The smallest absolute Gasteiger partial charge is 0.143 e. The van der Waals surface area contributed by atoms with Crippen LogP contribution in [0.4, 0.5) is 17.1 Å². The van der Waals surface area contributed by atoms with E-state index >= 15 is 0 Å². The first kappa shape index (κ1) is 37.3. The highest BCUT2D eigenvalue weighted by Gasteiger charge is 2.52. The maximum atomic E-state index is 6.95. The van der Waals surface area contributed by atoms with Crippen LogP contribution in [0.2, 0.25) is 0 Å². The Morgan fingerprint density at radius 3 is 1.56 bits per heavy atom. The van der Waals surface area contributed by atoms with Crippen LogP contribution in [0.25, 0.3) is 93.6 Å². The van der Waals surface area contributed by atoms with E-state index in [-0.39, 0.29) is 0 Å². The summed E-state index contributed by atoms with van der Waals surface area (Å²) in [5.41, 5.74) is 20.5. The lowest BCUT2D eigenvalue weighted by Gasteiger charge is -2.32. The Balaban J connectivity index is 1.00. The Labute approximate surface area is 393 Å². The molecule has 0 saturated heterocycles. The van der Waals surface area contributed by atoms with Crippen LogP contribution in [0.1, 0.15) is 22.3 Å². The largest absolute Gasteiger partial charge is 0.455 e. The lowest BCUT2D eigenvalue weighted by atomic mass is 9.70. The van der Waals surface area contributed by atoms with Crippen LogP contribution in [0, 0.1) is 0 Å². The van der Waals surface area contributed by atoms with Gasteiger partial charge in [0.05, 0.1) is 27.8 Å². The monoisotopic (exact) mass is 864 g/mol. The summed E-state index contributed by atoms with van der Waals surface area (Å²) in [5, 5.41) is 7.09. The van der Waals surface area contributed by atoms with Crippen molar-refractivity contribution in [2.45, 2.75) is 5.41 Å². The number of furan rings is 1. The second-order valence-electron chi connectivity index (χ2n) is 18.3. The molecule has 15 rings (SSSR count). The third kappa shape index (κ3) is 4.97. The van der Waals surface area contributed by atoms with Crippen molar-refractivity contribution in [2.24, 2.45) is 0 Å². The summed E-state index contributed by atoms with van der Waals surface area (Å²) in [7, 11) is 0. The van der Waals surface area contributed by atoms with Crippen molar-refractivity contribution in [2.75, 3.05) is 4.90 Å². The number of fused-ring (bicyclic) bond motifs is 17. The van der Waals surface area contributed by atoms with E-state index in [1.807, 2.05) is 0 Å². The fourth-order valence-corrected chi connectivity index (χ4v) is 12.3. The van der Waals surface area contributed by atoms with Gasteiger partial charge in [-0.1, -0.05) is 182 Å². The van der Waals surface area contributed by atoms with Crippen molar-refractivity contribution in [3.63, 3.8) is 0 Å². The molecule has 316 valence electrons. The average molecular weight is 865 g/mol. The highest BCUT2D eigenvalue weighted by Crippen LogP contribution is 2.65. The molecular formula is C65H40N2O. The van der Waals surface area contributed by atoms with Gasteiger partial charge in [-0.2, -0.15) is 0 Å². The average Bonchev–Trinajstić information content (AvgIpc) is 4.12. The number of anilines is 3. The second-order valence-corrected chi connectivity index (χ2v) is 18.3. The Kier molecular flexibility index (Phi) is 7.71. The molecule has 2 aromatic heterocycles. The summed E-state index contributed by atoms with van der Waals surface area (Å²) in [6, 6.07) is 89.3. The first-order valence-corrected chi connectivity index (χ1v) is 23.5. The molecule has 0 atom stereocenters. The predicted octanol–water partition coefficient (Wildman–Crippen LogP) is 17.3. The molecule has 11 aromatic carbocycles. The topological polar surface area (TPSA) is 21.3 Å². The number of para-hydroxylation sites is 4. The summed E-state index contributed by atoms with van der Waals surface area (Å²) in [6.07, 6.45) is 0. The van der Waals surface area contributed by atoms with Crippen LogP contribution in [-0.4, -0.2) is 4.57 Å². The Morgan fingerprint density at radius 1 is 0.353 bits per heavy atom. The predicted molar refractivity (Wildman–Crippen MR) is 282 cm³/mol. The lowest BCUT2D eigenvalue weighted by molar-refractivity contribution is 0.670. The number of hydrogen-bond acceptors (Lipinski definition) is 2. The number of nitrogens with zero attached hydrogens (tertiary/aromatic N) is 2. The molecule has 0 aliphatic heterocycles. The van der Waals surface area contributed by atoms with Crippen molar-refractivity contribution in [1.82, 2.24) is 4.57 Å². The number of aromatic nitrogens is 1. The molecule has 3 heteroatoms. The molecule has 0 unspecified atom stereocenters. The van der Waals surface area contributed by atoms with Gasteiger partial charge in [-0.15, -0.1) is 0 Å². The minimum absolute atomic E-state index is 0.482. The molecule has 68 heavy (non-hydrogen) atoms. The fourth-order valence-electron chi connectivity index (χ4n) is 12.3. The van der Waals surface area contributed by atoms with Crippen LogP contribution in [-0.2, 0) is 5.41 Å². The molecule has 0 fully saturated rings. The Bertz CT molecular complexity index is 4130. The minimum atomic E-state index is -0.482. The van der Waals surface area contributed by atoms with Gasteiger partial charge in [0.1, 0.15) is 11.2 Å². The van der Waals surface area contributed by atoms with Crippen molar-refractivity contribution < 1.29 is 4.42 Å².